The van der Waals surface area contributed by atoms with Gasteiger partial charge in [0.15, 0.2) is 0 Å². The number of benzene rings is 2. The van der Waals surface area contributed by atoms with Crippen LogP contribution in [-0.4, -0.2) is 46.2 Å². The van der Waals surface area contributed by atoms with Crippen LogP contribution in [0.15, 0.2) is 73.1 Å². The summed E-state index contributed by atoms with van der Waals surface area (Å²) in [5, 5.41) is 0. The number of hydrogen-bond donors (Lipinski definition) is 0. The second-order valence-electron chi connectivity index (χ2n) is 8.22. The maximum Gasteiger partial charge on any atom is 0.338 e. The largest absolute Gasteiger partial charge is 0.462 e. The molecule has 1 atom stereocenters. The summed E-state index contributed by atoms with van der Waals surface area (Å²) in [6.07, 6.45) is 3.11. The number of aromatic nitrogens is 1. The lowest BCUT2D eigenvalue weighted by Gasteiger charge is -2.28. The van der Waals surface area contributed by atoms with Crippen molar-refractivity contribution in [2.75, 3.05) is 11.5 Å². The first-order chi connectivity index (χ1) is 16.9. The predicted octanol–water partition coefficient (Wildman–Crippen LogP) is 3.54. The molecule has 1 aliphatic rings. The van der Waals surface area contributed by atoms with Gasteiger partial charge in [-0.2, -0.15) is 0 Å². The number of imide groups is 1. The van der Waals surface area contributed by atoms with E-state index in [1.54, 1.807) is 37.5 Å². The van der Waals surface area contributed by atoms with Gasteiger partial charge < -0.3 is 9.64 Å². The SMILES string of the molecule is CCOC(=O)c1ccc(N2C(=O)CC(N(Cc3cccnc3)C(=O)c3ccc(C)cc3)C2=O)cc1. The minimum absolute atomic E-state index is 0.125. The van der Waals surface area contributed by atoms with Gasteiger partial charge in [-0.15, -0.1) is 0 Å². The highest BCUT2D eigenvalue weighted by molar-refractivity contribution is 6.23. The third-order valence-electron chi connectivity index (χ3n) is 5.77. The van der Waals surface area contributed by atoms with Gasteiger partial charge in [-0.1, -0.05) is 23.8 Å². The van der Waals surface area contributed by atoms with Gasteiger partial charge in [0, 0.05) is 24.5 Å². The summed E-state index contributed by atoms with van der Waals surface area (Å²) in [6.45, 7) is 4.00. The molecule has 1 aliphatic heterocycles. The number of nitrogens with zero attached hydrogens (tertiary/aromatic N) is 3. The van der Waals surface area contributed by atoms with Crippen molar-refractivity contribution < 1.29 is 23.9 Å². The van der Waals surface area contributed by atoms with Crippen LogP contribution < -0.4 is 4.90 Å². The van der Waals surface area contributed by atoms with Crippen LogP contribution >= 0.6 is 0 Å². The van der Waals surface area contributed by atoms with Crippen molar-refractivity contribution in [3.05, 3.63) is 95.3 Å². The molecule has 0 aliphatic carbocycles. The minimum atomic E-state index is -0.971. The molecular weight excluding hydrogens is 446 g/mol. The Balaban J connectivity index is 1.63. The quantitative estimate of drug-likeness (QED) is 0.386. The molecule has 0 bridgehead atoms. The topological polar surface area (TPSA) is 96.9 Å². The number of rotatable bonds is 7. The fourth-order valence-electron chi connectivity index (χ4n) is 3.97. The molecule has 3 amide bonds. The molecule has 1 fully saturated rings. The van der Waals surface area contributed by atoms with Gasteiger partial charge in [0.2, 0.25) is 5.91 Å². The van der Waals surface area contributed by atoms with E-state index < -0.39 is 23.8 Å². The molecule has 0 spiro atoms. The number of hydrogen-bond acceptors (Lipinski definition) is 6. The van der Waals surface area contributed by atoms with Gasteiger partial charge in [0.05, 0.1) is 24.3 Å². The van der Waals surface area contributed by atoms with Gasteiger partial charge in [0.25, 0.3) is 11.8 Å². The average Bonchev–Trinajstić information content (AvgIpc) is 3.17. The number of aryl methyl sites for hydroxylation is 1. The second-order valence-corrected chi connectivity index (χ2v) is 8.22. The molecule has 1 saturated heterocycles. The number of anilines is 1. The molecule has 4 rings (SSSR count). The van der Waals surface area contributed by atoms with Gasteiger partial charge >= 0.3 is 5.97 Å². The first kappa shape index (κ1) is 23.8. The molecule has 35 heavy (non-hydrogen) atoms. The summed E-state index contributed by atoms with van der Waals surface area (Å²) in [4.78, 5) is 58.4. The van der Waals surface area contributed by atoms with E-state index in [1.807, 2.05) is 25.1 Å². The lowest BCUT2D eigenvalue weighted by Crippen LogP contribution is -2.45. The average molecular weight is 472 g/mol. The zero-order chi connectivity index (χ0) is 24.9. The third kappa shape index (κ3) is 5.11. The third-order valence-corrected chi connectivity index (χ3v) is 5.77. The van der Waals surface area contributed by atoms with Crippen LogP contribution in [0.3, 0.4) is 0 Å². The Labute approximate surface area is 203 Å². The van der Waals surface area contributed by atoms with E-state index >= 15 is 0 Å². The van der Waals surface area contributed by atoms with Crippen molar-refractivity contribution in [2.24, 2.45) is 0 Å². The Morgan fingerprint density at radius 3 is 2.34 bits per heavy atom. The standard InChI is InChI=1S/C27H25N3O5/c1-3-35-27(34)21-10-12-22(13-11-21)30-24(31)15-23(26(30)33)29(17-19-5-4-14-28-16-19)25(32)20-8-6-18(2)7-9-20/h4-14,16,23H,3,15,17H2,1-2H3. The zero-order valence-corrected chi connectivity index (χ0v) is 19.5. The molecule has 2 aromatic carbocycles. The predicted molar refractivity (Wildman–Crippen MR) is 129 cm³/mol. The van der Waals surface area contributed by atoms with Crippen LogP contribution in [0, 0.1) is 6.92 Å². The van der Waals surface area contributed by atoms with Gasteiger partial charge in [0.1, 0.15) is 6.04 Å². The van der Waals surface area contributed by atoms with Gasteiger partial charge in [-0.25, -0.2) is 9.69 Å². The molecule has 2 heterocycles. The highest BCUT2D eigenvalue weighted by atomic mass is 16.5. The maximum atomic E-state index is 13.5. The smallest absolute Gasteiger partial charge is 0.338 e. The monoisotopic (exact) mass is 471 g/mol. The summed E-state index contributed by atoms with van der Waals surface area (Å²) in [6, 6.07) is 15.7. The fraction of sp³-hybridized carbons (Fsp3) is 0.222. The van der Waals surface area contributed by atoms with Crippen LogP contribution in [-0.2, 0) is 20.9 Å². The number of ether oxygens (including phenoxy) is 1. The van der Waals surface area contributed by atoms with Crippen molar-refractivity contribution in [1.82, 2.24) is 9.88 Å². The molecule has 8 heteroatoms. The lowest BCUT2D eigenvalue weighted by molar-refractivity contribution is -0.122. The van der Waals surface area contributed by atoms with Crippen LogP contribution in [0.4, 0.5) is 5.69 Å². The summed E-state index contributed by atoms with van der Waals surface area (Å²) < 4.78 is 4.98. The van der Waals surface area contributed by atoms with Crippen molar-refractivity contribution in [3.63, 3.8) is 0 Å². The first-order valence-corrected chi connectivity index (χ1v) is 11.3. The molecule has 8 nitrogen and oxygen atoms in total. The number of esters is 1. The van der Waals surface area contributed by atoms with E-state index in [0.29, 0.717) is 16.8 Å². The Morgan fingerprint density at radius 1 is 1.03 bits per heavy atom. The highest BCUT2D eigenvalue weighted by Gasteiger charge is 2.44. The molecule has 0 saturated carbocycles. The fourth-order valence-corrected chi connectivity index (χ4v) is 3.97. The minimum Gasteiger partial charge on any atom is -0.462 e. The normalized spacial score (nSPS) is 15.3. The van der Waals surface area contributed by atoms with E-state index in [2.05, 4.69) is 4.98 Å². The van der Waals surface area contributed by atoms with Gasteiger partial charge in [-0.05, 0) is 61.9 Å². The van der Waals surface area contributed by atoms with Gasteiger partial charge in [-0.3, -0.25) is 19.4 Å². The number of pyridine rings is 1. The van der Waals surface area contributed by atoms with E-state index in [4.69, 9.17) is 4.74 Å². The molecule has 3 aromatic rings. The summed E-state index contributed by atoms with van der Waals surface area (Å²) in [5.74, 6) is -1.75. The van der Waals surface area contributed by atoms with Crippen molar-refractivity contribution >= 4 is 29.4 Å². The van der Waals surface area contributed by atoms with Crippen LogP contribution in [0.25, 0.3) is 0 Å². The van der Waals surface area contributed by atoms with E-state index in [0.717, 1.165) is 16.0 Å². The highest BCUT2D eigenvalue weighted by Crippen LogP contribution is 2.28. The van der Waals surface area contributed by atoms with E-state index in [1.165, 1.54) is 29.2 Å². The Hall–Kier alpha value is -4.33. The number of amides is 3. The zero-order valence-electron chi connectivity index (χ0n) is 19.5. The first-order valence-electron chi connectivity index (χ1n) is 11.3. The summed E-state index contributed by atoms with van der Waals surface area (Å²) in [7, 11) is 0. The van der Waals surface area contributed by atoms with Crippen molar-refractivity contribution in [3.8, 4) is 0 Å². The molecule has 0 N–H and O–H groups in total. The molecule has 1 unspecified atom stereocenters. The Bertz CT molecular complexity index is 1240. The van der Waals surface area contributed by atoms with Crippen LogP contribution in [0.1, 0.15) is 45.2 Å². The Kier molecular flexibility index (Phi) is 7.01. The number of carbonyl (C=O) groups excluding carboxylic acids is 4. The molecule has 0 radical (unpaired) electrons. The maximum absolute atomic E-state index is 13.5. The second kappa shape index (κ2) is 10.3. The van der Waals surface area contributed by atoms with Crippen molar-refractivity contribution in [1.29, 1.82) is 0 Å². The Morgan fingerprint density at radius 2 is 1.71 bits per heavy atom. The summed E-state index contributed by atoms with van der Waals surface area (Å²) in [5.41, 5.74) is 2.83. The molecule has 1 aromatic heterocycles. The van der Waals surface area contributed by atoms with Crippen molar-refractivity contribution in [2.45, 2.75) is 32.9 Å². The lowest BCUT2D eigenvalue weighted by atomic mass is 10.1. The molecule has 178 valence electrons. The van der Waals surface area contributed by atoms with E-state index in [9.17, 15) is 19.2 Å². The van der Waals surface area contributed by atoms with E-state index in [-0.39, 0.29) is 25.5 Å². The molecular formula is C27H25N3O5. The summed E-state index contributed by atoms with van der Waals surface area (Å²) >= 11 is 0. The van der Waals surface area contributed by atoms with Crippen LogP contribution in [0.5, 0.6) is 0 Å². The van der Waals surface area contributed by atoms with Crippen LogP contribution in [0.2, 0.25) is 0 Å². The number of carbonyl (C=O) groups is 4.